The molecule has 1 unspecified atom stereocenters. The largest absolute Gasteiger partial charge is 0.456 e. The lowest BCUT2D eigenvalue weighted by atomic mass is 10.0. The second-order valence-electron chi connectivity index (χ2n) is 7.96. The first kappa shape index (κ1) is 23.5. The average molecular weight is 483 g/mol. The fourth-order valence-corrected chi connectivity index (χ4v) is 4.18. The Morgan fingerprint density at radius 3 is 2.38 bits per heavy atom. The Morgan fingerprint density at radius 2 is 1.76 bits per heavy atom. The van der Waals surface area contributed by atoms with Crippen LogP contribution in [0, 0.1) is 17.0 Å². The molecule has 1 aromatic heterocycles. The third kappa shape index (κ3) is 5.11. The molecule has 34 heavy (non-hydrogen) atoms. The van der Waals surface area contributed by atoms with Gasteiger partial charge in [0.15, 0.2) is 5.76 Å². The molecule has 176 valence electrons. The number of nitrogens with zero attached hydrogens (tertiary/aromatic N) is 3. The zero-order valence-electron chi connectivity index (χ0n) is 18.4. The summed E-state index contributed by atoms with van der Waals surface area (Å²) in [6.07, 6.45) is 0. The van der Waals surface area contributed by atoms with Gasteiger partial charge in [-0.25, -0.2) is 0 Å². The lowest BCUT2D eigenvalue weighted by Gasteiger charge is -2.38. The van der Waals surface area contributed by atoms with Crippen LogP contribution in [0.3, 0.4) is 0 Å². The highest BCUT2D eigenvalue weighted by molar-refractivity contribution is 6.32. The van der Waals surface area contributed by atoms with Crippen LogP contribution in [-0.2, 0) is 4.79 Å². The molecule has 0 saturated carbocycles. The Bertz CT molecular complexity index is 1210. The maximum absolute atomic E-state index is 13.4. The zero-order valence-corrected chi connectivity index (χ0v) is 19.2. The summed E-state index contributed by atoms with van der Waals surface area (Å²) >= 11 is 5.89. The van der Waals surface area contributed by atoms with Crippen molar-refractivity contribution < 1.29 is 18.9 Å². The molecular weight excluding hydrogens is 460 g/mol. The number of carbonyl (C=O) groups is 2. The standard InChI is InChI=1S/C24H23ClN4O5/c1-16-7-10-21(34-16)24(31)28-13-11-27(12-14-28)22(17-5-3-2-4-6-17)23(30)26-18-8-9-19(25)20(15-18)29(32)33/h2-10,15,22H,11-14H2,1H3,(H,26,30). The van der Waals surface area contributed by atoms with Gasteiger partial charge in [-0.15, -0.1) is 0 Å². The van der Waals surface area contributed by atoms with E-state index < -0.39 is 11.0 Å². The van der Waals surface area contributed by atoms with Gasteiger partial charge in [0.2, 0.25) is 5.91 Å². The van der Waals surface area contributed by atoms with Crippen molar-refractivity contribution in [3.63, 3.8) is 0 Å². The molecule has 0 radical (unpaired) electrons. The molecule has 1 fully saturated rings. The fraction of sp³-hybridized carbons (Fsp3) is 0.250. The van der Waals surface area contributed by atoms with Crippen LogP contribution in [0.4, 0.5) is 11.4 Å². The van der Waals surface area contributed by atoms with Crippen LogP contribution in [0.15, 0.2) is 65.1 Å². The Labute approximate surface area is 201 Å². The Hall–Kier alpha value is -3.69. The molecule has 2 heterocycles. The topological polar surface area (TPSA) is 109 Å². The molecule has 0 bridgehead atoms. The van der Waals surface area contributed by atoms with Crippen molar-refractivity contribution in [1.29, 1.82) is 0 Å². The first-order chi connectivity index (χ1) is 16.3. The molecule has 0 spiro atoms. The highest BCUT2D eigenvalue weighted by Gasteiger charge is 2.32. The molecule has 1 saturated heterocycles. The molecule has 9 nitrogen and oxygen atoms in total. The molecule has 1 N–H and O–H groups in total. The van der Waals surface area contributed by atoms with Gasteiger partial charge in [-0.2, -0.15) is 0 Å². The SMILES string of the molecule is Cc1ccc(C(=O)N2CCN(C(C(=O)Nc3ccc(Cl)c([N+](=O)[O-])c3)c3ccccc3)CC2)o1. The number of benzene rings is 2. The van der Waals surface area contributed by atoms with E-state index in [9.17, 15) is 19.7 Å². The van der Waals surface area contributed by atoms with Crippen LogP contribution in [0.25, 0.3) is 0 Å². The number of amides is 2. The minimum atomic E-state index is -0.640. The molecule has 1 aliphatic heterocycles. The number of nitrogens with one attached hydrogen (secondary N) is 1. The lowest BCUT2D eigenvalue weighted by Crippen LogP contribution is -2.51. The predicted molar refractivity (Wildman–Crippen MR) is 127 cm³/mol. The van der Waals surface area contributed by atoms with Gasteiger partial charge < -0.3 is 14.6 Å². The van der Waals surface area contributed by atoms with Crippen LogP contribution in [-0.4, -0.2) is 52.7 Å². The van der Waals surface area contributed by atoms with E-state index in [2.05, 4.69) is 5.32 Å². The van der Waals surface area contributed by atoms with E-state index in [1.807, 2.05) is 35.2 Å². The van der Waals surface area contributed by atoms with Crippen molar-refractivity contribution in [1.82, 2.24) is 9.80 Å². The van der Waals surface area contributed by atoms with E-state index in [1.165, 1.54) is 18.2 Å². The highest BCUT2D eigenvalue weighted by Crippen LogP contribution is 2.29. The summed E-state index contributed by atoms with van der Waals surface area (Å²) in [6.45, 7) is 3.59. The van der Waals surface area contributed by atoms with Crippen LogP contribution >= 0.6 is 11.6 Å². The van der Waals surface area contributed by atoms with Gasteiger partial charge in [-0.1, -0.05) is 41.9 Å². The van der Waals surface area contributed by atoms with Crippen LogP contribution in [0.2, 0.25) is 5.02 Å². The van der Waals surface area contributed by atoms with E-state index in [-0.39, 0.29) is 28.2 Å². The van der Waals surface area contributed by atoms with Crippen LogP contribution in [0.1, 0.15) is 27.9 Å². The minimum Gasteiger partial charge on any atom is -0.456 e. The van der Waals surface area contributed by atoms with Gasteiger partial charge in [0.25, 0.3) is 11.6 Å². The number of anilines is 1. The number of aryl methyl sites for hydroxylation is 1. The molecule has 10 heteroatoms. The van der Waals surface area contributed by atoms with Crippen LogP contribution in [0.5, 0.6) is 0 Å². The van der Waals surface area contributed by atoms with Crippen molar-refractivity contribution in [3.8, 4) is 0 Å². The van der Waals surface area contributed by atoms with E-state index in [0.717, 1.165) is 5.56 Å². The van der Waals surface area contributed by atoms with Gasteiger partial charge in [-0.05, 0) is 36.8 Å². The van der Waals surface area contributed by atoms with Gasteiger partial charge in [-0.3, -0.25) is 24.6 Å². The first-order valence-corrected chi connectivity index (χ1v) is 11.1. The number of piperazine rings is 1. The third-order valence-corrected chi connectivity index (χ3v) is 6.01. The molecule has 2 amide bonds. The lowest BCUT2D eigenvalue weighted by molar-refractivity contribution is -0.384. The number of nitro benzene ring substituents is 1. The van der Waals surface area contributed by atoms with Gasteiger partial charge >= 0.3 is 0 Å². The summed E-state index contributed by atoms with van der Waals surface area (Å²) in [7, 11) is 0. The monoisotopic (exact) mass is 482 g/mol. The van der Waals surface area contributed by atoms with Gasteiger partial charge in [0.1, 0.15) is 16.8 Å². The molecule has 1 aliphatic rings. The second-order valence-corrected chi connectivity index (χ2v) is 8.37. The number of hydrogen-bond donors (Lipinski definition) is 1. The van der Waals surface area contributed by atoms with Crippen molar-refractivity contribution in [2.75, 3.05) is 31.5 Å². The molecule has 0 aliphatic carbocycles. The van der Waals surface area contributed by atoms with E-state index >= 15 is 0 Å². The Balaban J connectivity index is 1.51. The second kappa shape index (κ2) is 10.1. The van der Waals surface area contributed by atoms with Crippen molar-refractivity contribution in [2.45, 2.75) is 13.0 Å². The summed E-state index contributed by atoms with van der Waals surface area (Å²) in [4.78, 5) is 40.4. The van der Waals surface area contributed by atoms with Crippen LogP contribution < -0.4 is 5.32 Å². The number of furan rings is 1. The number of carbonyl (C=O) groups excluding carboxylic acids is 2. The van der Waals surface area contributed by atoms with Crippen molar-refractivity contribution in [2.24, 2.45) is 0 Å². The van der Waals surface area contributed by atoms with Gasteiger partial charge in [0.05, 0.1) is 4.92 Å². The number of rotatable bonds is 6. The van der Waals surface area contributed by atoms with Gasteiger partial charge in [0, 0.05) is 37.9 Å². The molecule has 1 atom stereocenters. The zero-order chi connectivity index (χ0) is 24.2. The van der Waals surface area contributed by atoms with E-state index in [1.54, 1.807) is 24.0 Å². The first-order valence-electron chi connectivity index (χ1n) is 10.7. The predicted octanol–water partition coefficient (Wildman–Crippen LogP) is 4.29. The smallest absolute Gasteiger partial charge is 0.289 e. The average Bonchev–Trinajstić information content (AvgIpc) is 3.27. The molecular formula is C24H23ClN4O5. The molecule has 2 aromatic carbocycles. The highest BCUT2D eigenvalue weighted by atomic mass is 35.5. The van der Waals surface area contributed by atoms with Crippen molar-refractivity contribution >= 4 is 34.8 Å². The normalized spacial score (nSPS) is 15.1. The Kier molecular flexibility index (Phi) is 6.95. The minimum absolute atomic E-state index is 0.00449. The summed E-state index contributed by atoms with van der Waals surface area (Å²) in [6, 6.07) is 16.2. The molecule has 3 aromatic rings. The quantitative estimate of drug-likeness (QED) is 0.414. The Morgan fingerprint density at radius 1 is 1.06 bits per heavy atom. The summed E-state index contributed by atoms with van der Waals surface area (Å²) in [5, 5.41) is 14.0. The summed E-state index contributed by atoms with van der Waals surface area (Å²) in [5.74, 6) is 0.462. The molecule has 4 rings (SSSR count). The number of halogens is 1. The number of nitro groups is 1. The van der Waals surface area contributed by atoms with E-state index in [0.29, 0.717) is 37.7 Å². The number of hydrogen-bond acceptors (Lipinski definition) is 6. The maximum atomic E-state index is 13.4. The summed E-state index contributed by atoms with van der Waals surface area (Å²) < 4.78 is 5.46. The fourth-order valence-electron chi connectivity index (χ4n) is 3.99. The third-order valence-electron chi connectivity index (χ3n) is 5.69. The maximum Gasteiger partial charge on any atom is 0.289 e. The van der Waals surface area contributed by atoms with Crippen molar-refractivity contribution in [3.05, 3.63) is 92.9 Å². The van der Waals surface area contributed by atoms with E-state index in [4.69, 9.17) is 16.0 Å². The summed E-state index contributed by atoms with van der Waals surface area (Å²) in [5.41, 5.74) is 0.782.